The van der Waals surface area contributed by atoms with Crippen molar-refractivity contribution in [1.29, 1.82) is 0 Å². The smallest absolute Gasteiger partial charge is 0.187 e. The van der Waals surface area contributed by atoms with Gasteiger partial charge in [-0.15, -0.1) is 0 Å². The van der Waals surface area contributed by atoms with Gasteiger partial charge in [-0.1, -0.05) is 0 Å². The van der Waals surface area contributed by atoms with Crippen LogP contribution in [0.3, 0.4) is 0 Å². The zero-order chi connectivity index (χ0) is 52.6. The molecule has 26 nitrogen and oxygen atoms in total. The van der Waals surface area contributed by atoms with Crippen LogP contribution in [0.25, 0.3) is 0 Å². The maximum atomic E-state index is 11.1. The van der Waals surface area contributed by atoms with Crippen molar-refractivity contribution in [3.05, 3.63) is 0 Å². The highest BCUT2D eigenvalue weighted by Crippen LogP contribution is 2.40. The van der Waals surface area contributed by atoms with E-state index in [9.17, 15) is 5.11 Å². The van der Waals surface area contributed by atoms with E-state index in [0.29, 0.717) is 0 Å². The predicted octanol–water partition coefficient (Wildman–Crippen LogP) is -1.46. The van der Waals surface area contributed by atoms with Crippen LogP contribution in [-0.2, 0) is 118 Å². The van der Waals surface area contributed by atoms with Crippen molar-refractivity contribution in [3.8, 4) is 0 Å². The second-order valence-electron chi connectivity index (χ2n) is 17.6. The van der Waals surface area contributed by atoms with E-state index in [2.05, 4.69) is 0 Å². The molecule has 0 saturated carbocycles. The van der Waals surface area contributed by atoms with Crippen LogP contribution in [0.15, 0.2) is 0 Å². The van der Waals surface area contributed by atoms with Crippen LogP contribution in [0.5, 0.6) is 0 Å². The van der Waals surface area contributed by atoms with Gasteiger partial charge in [-0.25, -0.2) is 0 Å². The minimum atomic E-state index is -1.41. The third kappa shape index (κ3) is 13.8. The second kappa shape index (κ2) is 30.8. The van der Waals surface area contributed by atoms with Gasteiger partial charge in [-0.2, -0.15) is 0 Å². The average Bonchev–Trinajstić information content (AvgIpc) is 3.37. The molecule has 5 rings (SSSR count). The minimum absolute atomic E-state index is 0.0274. The topological polar surface area (TPSA) is 251 Å². The molecule has 5 aliphatic heterocycles. The summed E-state index contributed by atoms with van der Waals surface area (Å²) in [6, 6.07) is 0. The van der Waals surface area contributed by atoms with Crippen LogP contribution in [0.2, 0.25) is 0 Å². The van der Waals surface area contributed by atoms with Gasteiger partial charge in [-0.3, -0.25) is 0 Å². The zero-order valence-corrected chi connectivity index (χ0v) is 44.6. The number of ether oxygens (including phenoxy) is 25. The Labute approximate surface area is 423 Å². The molecule has 0 aromatic carbocycles. The number of hydrogen-bond donors (Lipinski definition) is 1. The molecule has 5 heterocycles. The average molecular weight is 1050 g/mol. The summed E-state index contributed by atoms with van der Waals surface area (Å²) >= 11 is 0. The first-order valence-corrected chi connectivity index (χ1v) is 23.8. The van der Waals surface area contributed by atoms with E-state index in [1.807, 2.05) is 0 Å². The van der Waals surface area contributed by atoms with E-state index in [1.54, 1.807) is 21.3 Å². The van der Waals surface area contributed by atoms with Crippen LogP contribution < -0.4 is 0 Å². The lowest BCUT2D eigenvalue weighted by atomic mass is 9.94. The third-order valence-electron chi connectivity index (χ3n) is 13.8. The molecule has 0 aromatic heterocycles. The van der Waals surface area contributed by atoms with Crippen molar-refractivity contribution in [1.82, 2.24) is 0 Å². The second-order valence-corrected chi connectivity index (χ2v) is 17.6. The van der Waals surface area contributed by atoms with Crippen molar-refractivity contribution in [2.45, 2.75) is 154 Å². The first kappa shape index (κ1) is 61.8. The lowest BCUT2D eigenvalue weighted by Gasteiger charge is -2.52. The van der Waals surface area contributed by atoms with E-state index >= 15 is 0 Å². The summed E-state index contributed by atoms with van der Waals surface area (Å²) in [5, 5.41) is 11.1. The van der Waals surface area contributed by atoms with Crippen LogP contribution in [0, 0.1) is 0 Å². The van der Waals surface area contributed by atoms with Crippen molar-refractivity contribution in [2.75, 3.05) is 147 Å². The molecule has 26 heteroatoms. The first-order valence-electron chi connectivity index (χ1n) is 23.8. The number of methoxy groups -OCH3 is 16. The standard InChI is InChI=1S/C46H84O26/c1-48-17-22-28(54-7)33(37(59-12)42(47)64-22)69-44-39(61-14)35(30(56-9)24(66-44)19-50-3)71-46-41(63-16)36(31(57-10)26(68-46)21-52-5)72-45-40(62-15)34(29(55-8)25(67-45)20-51-4)70-43-38(60-13)32(58-11)27(53-6)23(65-43)18-49-2/h22-47H,17-21H2,1-16H3/t22-,23-,24-,25-,26-,27-,28-,29-,30-,31-,32+,33+,34+,35+,36+,37-,38-,39-,40-,41-,42+,43+,44+,45+,46+/m1/s1. The molecule has 72 heavy (non-hydrogen) atoms. The predicted molar refractivity (Wildman–Crippen MR) is 243 cm³/mol. The van der Waals surface area contributed by atoms with E-state index in [1.165, 1.54) is 92.4 Å². The highest BCUT2D eigenvalue weighted by Gasteiger charge is 2.59. The molecule has 0 unspecified atom stereocenters. The molecule has 25 atom stereocenters. The largest absolute Gasteiger partial charge is 0.382 e. The van der Waals surface area contributed by atoms with E-state index in [4.69, 9.17) is 118 Å². The Morgan fingerprint density at radius 1 is 0.236 bits per heavy atom. The molecule has 0 aliphatic carbocycles. The molecule has 5 saturated heterocycles. The number of aliphatic hydroxyl groups excluding tert-OH is 1. The monoisotopic (exact) mass is 1050 g/mol. The van der Waals surface area contributed by atoms with Gasteiger partial charge in [0.2, 0.25) is 0 Å². The first-order chi connectivity index (χ1) is 34.9. The normalized spacial score (nSPS) is 44.0. The Kier molecular flexibility index (Phi) is 26.4. The summed E-state index contributed by atoms with van der Waals surface area (Å²) in [4.78, 5) is 0. The van der Waals surface area contributed by atoms with Crippen LogP contribution >= 0.6 is 0 Å². The van der Waals surface area contributed by atoms with Gasteiger partial charge >= 0.3 is 0 Å². The number of aliphatic hydroxyl groups is 1. The lowest BCUT2D eigenvalue weighted by molar-refractivity contribution is -0.401. The van der Waals surface area contributed by atoms with Crippen molar-refractivity contribution < 1.29 is 124 Å². The molecule has 5 fully saturated rings. The Morgan fingerprint density at radius 2 is 0.431 bits per heavy atom. The molecule has 0 bridgehead atoms. The van der Waals surface area contributed by atoms with Crippen LogP contribution in [0.1, 0.15) is 0 Å². The lowest BCUT2D eigenvalue weighted by Crippen LogP contribution is -2.69. The Hall–Kier alpha value is -1.04. The van der Waals surface area contributed by atoms with Gasteiger partial charge in [0, 0.05) is 114 Å². The number of rotatable bonds is 29. The molecular weight excluding hydrogens is 968 g/mol. The molecule has 1 N–H and O–H groups in total. The molecule has 424 valence electrons. The number of hydrogen-bond acceptors (Lipinski definition) is 26. The summed E-state index contributed by atoms with van der Waals surface area (Å²) in [5.74, 6) is 0. The summed E-state index contributed by atoms with van der Waals surface area (Å²) in [6.45, 7) is 0.365. The molecular formula is C46H84O26. The quantitative estimate of drug-likeness (QED) is 0.0899. The van der Waals surface area contributed by atoms with Crippen molar-refractivity contribution in [3.63, 3.8) is 0 Å². The van der Waals surface area contributed by atoms with Crippen LogP contribution in [0.4, 0.5) is 0 Å². The van der Waals surface area contributed by atoms with E-state index in [-0.39, 0.29) is 33.0 Å². The van der Waals surface area contributed by atoms with Crippen LogP contribution in [-0.4, -0.2) is 305 Å². The van der Waals surface area contributed by atoms with Gasteiger partial charge < -0.3 is 124 Å². The molecule has 0 radical (unpaired) electrons. The van der Waals surface area contributed by atoms with E-state index in [0.717, 1.165) is 0 Å². The summed E-state index contributed by atoms with van der Waals surface area (Å²) < 4.78 is 154. The third-order valence-corrected chi connectivity index (χ3v) is 13.8. The maximum Gasteiger partial charge on any atom is 0.187 e. The van der Waals surface area contributed by atoms with Gasteiger partial charge in [0.15, 0.2) is 31.5 Å². The van der Waals surface area contributed by atoms with E-state index < -0.39 is 154 Å². The van der Waals surface area contributed by atoms with Gasteiger partial charge in [0.25, 0.3) is 0 Å². The van der Waals surface area contributed by atoms with Gasteiger partial charge in [-0.05, 0) is 0 Å². The SMILES string of the molecule is COC[C@H]1O[C@H](O)[C@H](OC)[C@@H](O[C@@H]2O[C@H](COC)[C@@H](OC)[C@H](O[C@@H]3O[C@H](COC)[C@@H](OC)[C@H](O[C@@H]4O[C@H](COC)[C@@H](OC)[C@H](O[C@@H]5O[C@H](COC)[C@@H](OC)[C@H](OC)[C@H]5OC)[C@H]4OC)[C@H]3OC)[C@H]2OC)[C@@H]1OC. The Balaban J connectivity index is 1.52. The highest BCUT2D eigenvalue weighted by atomic mass is 16.8. The van der Waals surface area contributed by atoms with Gasteiger partial charge in [0.1, 0.15) is 122 Å². The van der Waals surface area contributed by atoms with Crippen molar-refractivity contribution >= 4 is 0 Å². The van der Waals surface area contributed by atoms with Gasteiger partial charge in [0.05, 0.1) is 33.0 Å². The Bertz CT molecular complexity index is 1480. The molecule has 0 aromatic rings. The maximum absolute atomic E-state index is 11.1. The highest BCUT2D eigenvalue weighted by molar-refractivity contribution is 5.01. The van der Waals surface area contributed by atoms with Crippen molar-refractivity contribution in [2.24, 2.45) is 0 Å². The zero-order valence-electron chi connectivity index (χ0n) is 44.6. The molecule has 0 spiro atoms. The fraction of sp³-hybridized carbons (Fsp3) is 1.00. The summed E-state index contributed by atoms with van der Waals surface area (Å²) in [7, 11) is 24.2. The molecule has 0 amide bonds. The fourth-order valence-electron chi connectivity index (χ4n) is 10.5. The Morgan fingerprint density at radius 3 is 0.653 bits per heavy atom. The summed E-state index contributed by atoms with van der Waals surface area (Å²) in [5.41, 5.74) is 0. The minimum Gasteiger partial charge on any atom is -0.382 e. The summed E-state index contributed by atoms with van der Waals surface area (Å²) in [6.07, 6.45) is -23.4. The fourth-order valence-corrected chi connectivity index (χ4v) is 10.5. The molecule has 5 aliphatic rings.